The zero-order chi connectivity index (χ0) is 33.6. The summed E-state index contributed by atoms with van der Waals surface area (Å²) in [6, 6.07) is 13.2. The van der Waals surface area contributed by atoms with E-state index in [-0.39, 0.29) is 11.5 Å². The first-order valence-electron chi connectivity index (χ1n) is 16.0. The number of rotatable bonds is 13. The first-order valence-corrected chi connectivity index (χ1v) is 16.4. The number of fused-ring (bicyclic) bond motifs is 1. The number of carbonyl (C=O) groups excluding carboxylic acids is 1. The van der Waals surface area contributed by atoms with Crippen LogP contribution in [0.5, 0.6) is 11.5 Å². The maximum Gasteiger partial charge on any atom is 0.260 e. The molecule has 2 fully saturated rings. The molecule has 13 heteroatoms. The molecule has 0 radical (unpaired) electrons. The second kappa shape index (κ2) is 15.2. The summed E-state index contributed by atoms with van der Waals surface area (Å²) < 4.78 is 18.0. The number of halogens is 1. The molecule has 4 heterocycles. The lowest BCUT2D eigenvalue weighted by Gasteiger charge is -2.42. The van der Waals surface area contributed by atoms with E-state index in [2.05, 4.69) is 32.0 Å². The zero-order valence-corrected chi connectivity index (χ0v) is 28.0. The molecule has 2 aromatic carbocycles. The highest BCUT2D eigenvalue weighted by Gasteiger charge is 2.28. The number of nitrogens with one attached hydrogen (secondary N) is 2. The molecule has 2 saturated heterocycles. The SMILES string of the molecule is C=CC(=O)Nc1ccc(CCn2c(=O)c(-c3cc(OC)cc(OC)c3Cl)cc3cnc(NCCN4CCN(C5COC5)CC4)nc32)cc1. The largest absolute Gasteiger partial charge is 0.497 e. The van der Waals surface area contributed by atoms with Crippen LogP contribution >= 0.6 is 11.6 Å². The molecule has 0 atom stereocenters. The van der Waals surface area contributed by atoms with Gasteiger partial charge in [0.2, 0.25) is 11.9 Å². The van der Waals surface area contributed by atoms with Crippen molar-refractivity contribution in [1.82, 2.24) is 24.3 Å². The first-order chi connectivity index (χ1) is 23.4. The minimum Gasteiger partial charge on any atom is -0.497 e. The van der Waals surface area contributed by atoms with E-state index in [0.717, 1.165) is 51.5 Å². The molecule has 0 aliphatic carbocycles. The number of methoxy groups -OCH3 is 2. The molecule has 4 aromatic rings. The molecule has 0 spiro atoms. The smallest absolute Gasteiger partial charge is 0.260 e. The molecule has 2 aromatic heterocycles. The van der Waals surface area contributed by atoms with Gasteiger partial charge in [-0.3, -0.25) is 24.0 Å². The van der Waals surface area contributed by atoms with Crippen molar-refractivity contribution in [3.63, 3.8) is 0 Å². The summed E-state index contributed by atoms with van der Waals surface area (Å²) >= 11 is 6.74. The Morgan fingerprint density at radius 3 is 2.50 bits per heavy atom. The number of hydrogen-bond acceptors (Lipinski definition) is 10. The molecule has 2 aliphatic heterocycles. The topological polar surface area (TPSA) is 123 Å². The van der Waals surface area contributed by atoms with Crippen molar-refractivity contribution in [2.24, 2.45) is 0 Å². The Hall–Kier alpha value is -4.49. The van der Waals surface area contributed by atoms with Crippen LogP contribution < -0.4 is 25.7 Å². The summed E-state index contributed by atoms with van der Waals surface area (Å²) in [6.45, 7) is 11.2. The Morgan fingerprint density at radius 1 is 1.06 bits per heavy atom. The molecule has 48 heavy (non-hydrogen) atoms. The van der Waals surface area contributed by atoms with Crippen molar-refractivity contribution in [3.05, 3.63) is 82.3 Å². The predicted molar refractivity (Wildman–Crippen MR) is 187 cm³/mol. The van der Waals surface area contributed by atoms with Crippen LogP contribution in [0.4, 0.5) is 11.6 Å². The molecule has 0 bridgehead atoms. The van der Waals surface area contributed by atoms with Crippen LogP contribution in [0.2, 0.25) is 5.02 Å². The standard InChI is InChI=1S/C35H40ClN7O5/c1-4-31(44)39-25-7-5-23(6-8-25)9-11-43-33-24(17-29(34(43)45)28-18-27(46-2)19-30(47-3)32(28)36)20-38-35(40-33)37-10-12-41-13-15-42(16-14-41)26-21-48-22-26/h4-8,17-20,26H,1,9-16,21-22H2,2-3H3,(H,39,44)(H,37,38,40). The molecule has 252 valence electrons. The van der Waals surface area contributed by atoms with Crippen LogP contribution in [0, 0.1) is 0 Å². The molecule has 0 unspecified atom stereocenters. The highest BCUT2D eigenvalue weighted by Crippen LogP contribution is 2.38. The van der Waals surface area contributed by atoms with Gasteiger partial charge in [0.25, 0.3) is 5.56 Å². The minimum absolute atomic E-state index is 0.256. The normalized spacial score (nSPS) is 15.6. The van der Waals surface area contributed by atoms with Crippen LogP contribution in [-0.4, -0.2) is 103 Å². The lowest BCUT2D eigenvalue weighted by molar-refractivity contribution is -0.111. The summed E-state index contributed by atoms with van der Waals surface area (Å²) in [5, 5.41) is 7.11. The van der Waals surface area contributed by atoms with Gasteiger partial charge in [-0.25, -0.2) is 4.98 Å². The lowest BCUT2D eigenvalue weighted by atomic mass is 10.0. The second-order valence-corrected chi connectivity index (χ2v) is 12.2. The second-order valence-electron chi connectivity index (χ2n) is 11.8. The van der Waals surface area contributed by atoms with Crippen LogP contribution in [-0.2, 0) is 22.5 Å². The minimum atomic E-state index is -0.281. The number of ether oxygens (including phenoxy) is 3. The van der Waals surface area contributed by atoms with Gasteiger partial charge in [-0.05, 0) is 42.3 Å². The van der Waals surface area contributed by atoms with Gasteiger partial charge >= 0.3 is 0 Å². The molecule has 1 amide bonds. The van der Waals surface area contributed by atoms with Crippen LogP contribution in [0.3, 0.4) is 0 Å². The Labute approximate surface area is 284 Å². The van der Waals surface area contributed by atoms with Gasteiger partial charge in [0.15, 0.2) is 0 Å². The number of amides is 1. The fourth-order valence-corrected chi connectivity index (χ4v) is 6.27. The quantitative estimate of drug-likeness (QED) is 0.202. The average Bonchev–Trinajstić information content (AvgIpc) is 3.08. The number of pyridine rings is 1. The van der Waals surface area contributed by atoms with Crippen molar-refractivity contribution < 1.29 is 19.0 Å². The van der Waals surface area contributed by atoms with Crippen molar-refractivity contribution in [2.75, 3.05) is 77.3 Å². The third-order valence-corrected chi connectivity index (χ3v) is 9.26. The van der Waals surface area contributed by atoms with Crippen molar-refractivity contribution >= 4 is 40.2 Å². The third kappa shape index (κ3) is 7.47. The summed E-state index contributed by atoms with van der Waals surface area (Å²) in [4.78, 5) is 40.3. The molecule has 6 rings (SSSR count). The lowest BCUT2D eigenvalue weighted by Crippen LogP contribution is -2.56. The first kappa shape index (κ1) is 33.4. The van der Waals surface area contributed by atoms with Gasteiger partial charge in [-0.2, -0.15) is 4.98 Å². The van der Waals surface area contributed by atoms with Crippen molar-refractivity contribution in [3.8, 4) is 22.6 Å². The molecule has 2 aliphatic rings. The van der Waals surface area contributed by atoms with Crippen LogP contribution in [0.25, 0.3) is 22.2 Å². The average molecular weight is 674 g/mol. The molecule has 2 N–H and O–H groups in total. The highest BCUT2D eigenvalue weighted by atomic mass is 35.5. The Balaban J connectivity index is 1.26. The summed E-state index contributed by atoms with van der Waals surface area (Å²) in [5.74, 6) is 1.08. The number of benzene rings is 2. The maximum absolute atomic E-state index is 14.3. The fourth-order valence-electron chi connectivity index (χ4n) is 5.98. The molecule has 12 nitrogen and oxygen atoms in total. The van der Waals surface area contributed by atoms with E-state index in [4.69, 9.17) is 30.8 Å². The Kier molecular flexibility index (Phi) is 10.6. The number of piperazine rings is 1. The van der Waals surface area contributed by atoms with E-state index in [9.17, 15) is 9.59 Å². The van der Waals surface area contributed by atoms with E-state index in [1.165, 1.54) is 13.2 Å². The molecule has 0 saturated carbocycles. The molecular weight excluding hydrogens is 634 g/mol. The van der Waals surface area contributed by atoms with Gasteiger partial charge in [0.1, 0.15) is 17.1 Å². The predicted octanol–water partition coefficient (Wildman–Crippen LogP) is 3.92. The van der Waals surface area contributed by atoms with Gasteiger partial charge in [0.05, 0.1) is 38.5 Å². The number of hydrogen-bond donors (Lipinski definition) is 2. The summed E-state index contributed by atoms with van der Waals surface area (Å²) in [7, 11) is 3.07. The van der Waals surface area contributed by atoms with E-state index < -0.39 is 0 Å². The van der Waals surface area contributed by atoms with E-state index in [1.807, 2.05) is 24.3 Å². The van der Waals surface area contributed by atoms with Crippen LogP contribution in [0.15, 0.2) is 66.1 Å². The van der Waals surface area contributed by atoms with Gasteiger partial charge in [-0.1, -0.05) is 30.3 Å². The van der Waals surface area contributed by atoms with Gasteiger partial charge < -0.3 is 24.8 Å². The summed E-state index contributed by atoms with van der Waals surface area (Å²) in [6.07, 6.45) is 3.49. The summed E-state index contributed by atoms with van der Waals surface area (Å²) in [5.41, 5.74) is 2.77. The van der Waals surface area contributed by atoms with Gasteiger partial charge in [0, 0.05) is 80.3 Å². The van der Waals surface area contributed by atoms with Crippen molar-refractivity contribution in [2.45, 2.75) is 19.0 Å². The number of anilines is 2. The van der Waals surface area contributed by atoms with Crippen LogP contribution in [0.1, 0.15) is 5.56 Å². The third-order valence-electron chi connectivity index (χ3n) is 8.87. The van der Waals surface area contributed by atoms with E-state index in [1.54, 1.807) is 36.1 Å². The maximum atomic E-state index is 14.3. The Bertz CT molecular complexity index is 1840. The zero-order valence-electron chi connectivity index (χ0n) is 27.2. The van der Waals surface area contributed by atoms with E-state index >= 15 is 0 Å². The van der Waals surface area contributed by atoms with E-state index in [0.29, 0.717) is 75.9 Å². The Morgan fingerprint density at radius 2 is 1.83 bits per heavy atom. The molecular formula is C35H40ClN7O5. The number of carbonyl (C=O) groups is 1. The number of aryl methyl sites for hydroxylation is 2. The monoisotopic (exact) mass is 673 g/mol. The number of aromatic nitrogens is 3. The number of nitrogens with zero attached hydrogens (tertiary/aromatic N) is 5. The van der Waals surface area contributed by atoms with Crippen molar-refractivity contribution in [1.29, 1.82) is 0 Å². The van der Waals surface area contributed by atoms with Gasteiger partial charge in [-0.15, -0.1) is 0 Å². The highest BCUT2D eigenvalue weighted by molar-refractivity contribution is 6.35. The fraction of sp³-hybridized carbons (Fsp3) is 0.371.